The van der Waals surface area contributed by atoms with Crippen LogP contribution in [-0.4, -0.2) is 35.4 Å². The third-order valence-corrected chi connectivity index (χ3v) is 4.67. The summed E-state index contributed by atoms with van der Waals surface area (Å²) in [5.41, 5.74) is 4.00. The number of hydrogen-bond acceptors (Lipinski definition) is 6. The van der Waals surface area contributed by atoms with Crippen molar-refractivity contribution in [1.29, 1.82) is 0 Å². The van der Waals surface area contributed by atoms with E-state index >= 15 is 0 Å². The predicted octanol–water partition coefficient (Wildman–Crippen LogP) is 3.82. The number of amides is 1. The molecule has 0 unspecified atom stereocenters. The quantitative estimate of drug-likeness (QED) is 0.271. The number of benzene rings is 2. The summed E-state index contributed by atoms with van der Waals surface area (Å²) in [5.74, 6) is 0.571. The molecule has 158 valence electrons. The summed E-state index contributed by atoms with van der Waals surface area (Å²) in [7, 11) is 0. The third kappa shape index (κ3) is 5.35. The number of para-hydroxylation sites is 1. The van der Waals surface area contributed by atoms with E-state index in [-0.39, 0.29) is 29.4 Å². The summed E-state index contributed by atoms with van der Waals surface area (Å²) in [5, 5.41) is 12.5. The molecule has 0 aliphatic heterocycles. The Morgan fingerprint density at radius 2 is 1.90 bits per heavy atom. The summed E-state index contributed by atoms with van der Waals surface area (Å²) in [6.45, 7) is 4.77. The van der Waals surface area contributed by atoms with E-state index < -0.39 is 0 Å². The monoisotopic (exact) mass is 428 g/mol. The van der Waals surface area contributed by atoms with Crippen LogP contribution in [0.2, 0.25) is 0 Å². The summed E-state index contributed by atoms with van der Waals surface area (Å²) < 4.78 is 17.1. The van der Waals surface area contributed by atoms with Gasteiger partial charge in [0.1, 0.15) is 22.9 Å². The second kappa shape index (κ2) is 10.2. The molecule has 0 atom stereocenters. The van der Waals surface area contributed by atoms with Crippen LogP contribution in [0.5, 0.6) is 5.75 Å². The lowest BCUT2D eigenvalue weighted by Crippen LogP contribution is -2.28. The van der Waals surface area contributed by atoms with E-state index in [9.17, 15) is 4.79 Å². The number of furan rings is 1. The first-order chi connectivity index (χ1) is 14.5. The van der Waals surface area contributed by atoms with Crippen molar-refractivity contribution >= 4 is 34.1 Å². The van der Waals surface area contributed by atoms with Gasteiger partial charge < -0.3 is 19.2 Å². The fraction of sp³-hybridized carbons (Fsp3) is 0.273. The Kier molecular flexibility index (Phi) is 7.40. The SMILES string of the molecule is CC(C)OCc1c(C(=O)NCCOc2ccc(C(=S)NO)cc2)oc2ccccc12. The number of nitrogens with one attached hydrogen (secondary N) is 2. The molecular weight excluding hydrogens is 404 g/mol. The van der Waals surface area contributed by atoms with E-state index in [0.717, 1.165) is 10.9 Å². The molecule has 0 spiro atoms. The van der Waals surface area contributed by atoms with Crippen LogP contribution in [-0.2, 0) is 11.3 Å². The largest absolute Gasteiger partial charge is 0.492 e. The lowest BCUT2D eigenvalue weighted by Gasteiger charge is -2.10. The van der Waals surface area contributed by atoms with Gasteiger partial charge >= 0.3 is 0 Å². The van der Waals surface area contributed by atoms with Crippen molar-refractivity contribution in [3.05, 3.63) is 65.4 Å². The lowest BCUT2D eigenvalue weighted by molar-refractivity contribution is 0.0643. The van der Waals surface area contributed by atoms with E-state index in [1.165, 1.54) is 0 Å². The molecule has 0 radical (unpaired) electrons. The maximum Gasteiger partial charge on any atom is 0.287 e. The van der Waals surface area contributed by atoms with Crippen LogP contribution in [0.3, 0.4) is 0 Å². The Hall–Kier alpha value is -2.94. The van der Waals surface area contributed by atoms with Crippen LogP contribution in [0.4, 0.5) is 0 Å². The topological polar surface area (TPSA) is 93.0 Å². The minimum Gasteiger partial charge on any atom is -0.492 e. The number of carbonyl (C=O) groups excluding carboxylic acids is 1. The highest BCUT2D eigenvalue weighted by Gasteiger charge is 2.20. The van der Waals surface area contributed by atoms with Crippen molar-refractivity contribution in [3.8, 4) is 5.75 Å². The van der Waals surface area contributed by atoms with Crippen LogP contribution >= 0.6 is 12.2 Å². The van der Waals surface area contributed by atoms with E-state index in [1.807, 2.05) is 43.6 Å². The van der Waals surface area contributed by atoms with Crippen LogP contribution in [0.15, 0.2) is 52.9 Å². The first-order valence-electron chi connectivity index (χ1n) is 9.57. The van der Waals surface area contributed by atoms with Crippen molar-refractivity contribution in [2.45, 2.75) is 26.6 Å². The van der Waals surface area contributed by atoms with Gasteiger partial charge in [0.05, 0.1) is 19.3 Å². The van der Waals surface area contributed by atoms with E-state index in [0.29, 0.717) is 30.0 Å². The van der Waals surface area contributed by atoms with Crippen LogP contribution < -0.4 is 15.5 Å². The zero-order valence-corrected chi connectivity index (χ0v) is 17.6. The summed E-state index contributed by atoms with van der Waals surface area (Å²) in [6, 6.07) is 14.4. The molecule has 0 aliphatic rings. The second-order valence-corrected chi connectivity index (χ2v) is 7.24. The zero-order chi connectivity index (χ0) is 21.5. The fourth-order valence-electron chi connectivity index (χ4n) is 2.86. The van der Waals surface area contributed by atoms with Gasteiger partial charge in [-0.15, -0.1) is 0 Å². The summed E-state index contributed by atoms with van der Waals surface area (Å²) in [4.78, 5) is 12.9. The van der Waals surface area contributed by atoms with Crippen molar-refractivity contribution in [3.63, 3.8) is 0 Å². The molecule has 0 saturated carbocycles. The molecule has 1 aromatic heterocycles. The van der Waals surface area contributed by atoms with Crippen molar-refractivity contribution < 1.29 is 23.9 Å². The molecule has 8 heteroatoms. The van der Waals surface area contributed by atoms with Gasteiger partial charge in [0.25, 0.3) is 5.91 Å². The number of rotatable bonds is 9. The van der Waals surface area contributed by atoms with Crippen LogP contribution in [0.1, 0.15) is 35.5 Å². The minimum absolute atomic E-state index is 0.0388. The molecule has 3 rings (SSSR count). The highest BCUT2D eigenvalue weighted by atomic mass is 32.1. The Labute approximate surface area is 179 Å². The highest BCUT2D eigenvalue weighted by molar-refractivity contribution is 7.80. The third-order valence-electron chi connectivity index (χ3n) is 4.34. The Bertz CT molecular complexity index is 1010. The fourth-order valence-corrected chi connectivity index (χ4v) is 2.99. The average molecular weight is 429 g/mol. The molecule has 2 aromatic carbocycles. The first-order valence-corrected chi connectivity index (χ1v) is 9.98. The number of carbonyl (C=O) groups is 1. The molecule has 30 heavy (non-hydrogen) atoms. The van der Waals surface area contributed by atoms with Gasteiger partial charge in [-0.25, -0.2) is 0 Å². The van der Waals surface area contributed by atoms with E-state index in [1.54, 1.807) is 24.3 Å². The van der Waals surface area contributed by atoms with Gasteiger partial charge in [0, 0.05) is 16.5 Å². The molecule has 3 aromatic rings. The highest BCUT2D eigenvalue weighted by Crippen LogP contribution is 2.27. The molecule has 0 fully saturated rings. The Balaban J connectivity index is 1.59. The van der Waals surface area contributed by atoms with Gasteiger partial charge in [-0.2, -0.15) is 0 Å². The molecule has 1 heterocycles. The summed E-state index contributed by atoms with van der Waals surface area (Å²) >= 11 is 4.95. The molecule has 7 nitrogen and oxygen atoms in total. The Morgan fingerprint density at radius 1 is 1.17 bits per heavy atom. The van der Waals surface area contributed by atoms with Gasteiger partial charge in [0.15, 0.2) is 5.76 Å². The average Bonchev–Trinajstić information content (AvgIpc) is 3.13. The zero-order valence-electron chi connectivity index (χ0n) is 16.8. The molecule has 0 bridgehead atoms. The smallest absolute Gasteiger partial charge is 0.287 e. The van der Waals surface area contributed by atoms with Gasteiger partial charge in [0.2, 0.25) is 0 Å². The van der Waals surface area contributed by atoms with E-state index in [4.69, 9.17) is 31.3 Å². The summed E-state index contributed by atoms with van der Waals surface area (Å²) in [6.07, 6.45) is 0.0388. The van der Waals surface area contributed by atoms with E-state index in [2.05, 4.69) is 5.32 Å². The lowest BCUT2D eigenvalue weighted by atomic mass is 10.1. The van der Waals surface area contributed by atoms with Crippen molar-refractivity contribution in [1.82, 2.24) is 10.8 Å². The molecular formula is C22H24N2O5S. The van der Waals surface area contributed by atoms with Gasteiger partial charge in [-0.3, -0.25) is 15.5 Å². The standard InChI is InChI=1S/C22H24N2O5S/c1-14(2)28-13-18-17-5-3-4-6-19(17)29-20(18)21(25)23-11-12-27-16-9-7-15(8-10-16)22(30)24-26/h3-10,14,26H,11-13H2,1-2H3,(H,23,25)(H,24,30). The number of ether oxygens (including phenoxy) is 2. The molecule has 0 saturated heterocycles. The normalized spacial score (nSPS) is 10.9. The number of hydroxylamine groups is 1. The minimum atomic E-state index is -0.313. The van der Waals surface area contributed by atoms with Crippen LogP contribution in [0, 0.1) is 0 Å². The maximum atomic E-state index is 12.7. The van der Waals surface area contributed by atoms with Gasteiger partial charge in [-0.1, -0.05) is 30.4 Å². The number of thiocarbonyl (C=S) groups is 1. The van der Waals surface area contributed by atoms with Crippen molar-refractivity contribution in [2.75, 3.05) is 13.2 Å². The molecule has 1 amide bonds. The number of fused-ring (bicyclic) bond motifs is 1. The predicted molar refractivity (Wildman–Crippen MR) is 117 cm³/mol. The molecule has 3 N–H and O–H groups in total. The van der Waals surface area contributed by atoms with Gasteiger partial charge in [-0.05, 0) is 44.2 Å². The van der Waals surface area contributed by atoms with Crippen molar-refractivity contribution in [2.24, 2.45) is 0 Å². The molecule has 0 aliphatic carbocycles. The number of hydrogen-bond donors (Lipinski definition) is 3. The van der Waals surface area contributed by atoms with Crippen LogP contribution in [0.25, 0.3) is 11.0 Å². The maximum absolute atomic E-state index is 12.7. The first kappa shape index (κ1) is 21.8. The Morgan fingerprint density at radius 3 is 2.60 bits per heavy atom. The second-order valence-electron chi connectivity index (χ2n) is 6.84.